The first kappa shape index (κ1) is 18.1. The zero-order chi connectivity index (χ0) is 15.5. The lowest BCUT2D eigenvalue weighted by atomic mass is 9.66. The summed E-state index contributed by atoms with van der Waals surface area (Å²) >= 11 is 0. The highest BCUT2D eigenvalue weighted by Crippen LogP contribution is 2.59. The van der Waals surface area contributed by atoms with Crippen molar-refractivity contribution in [3.63, 3.8) is 0 Å². The van der Waals surface area contributed by atoms with Gasteiger partial charge in [0.1, 0.15) is 12.0 Å². The molecule has 0 fully saturated rings. The number of ether oxygens (including phenoxy) is 1. The van der Waals surface area contributed by atoms with E-state index in [0.29, 0.717) is 6.92 Å². The fourth-order valence-corrected chi connectivity index (χ4v) is 1.90. The fraction of sp³-hybridized carbons (Fsp3) is 0.917. The van der Waals surface area contributed by atoms with Gasteiger partial charge >= 0.3 is 6.18 Å². The molecule has 2 atom stereocenters. The molecule has 0 aliphatic heterocycles. The number of hydrogen-bond acceptors (Lipinski definition) is 2. The molecule has 0 saturated carbocycles. The molecule has 0 rings (SSSR count). The van der Waals surface area contributed by atoms with Crippen LogP contribution in [0.1, 0.15) is 40.5 Å². The van der Waals surface area contributed by atoms with Gasteiger partial charge in [-0.3, -0.25) is 4.79 Å². The standard InChI is InChI=1S/C12H19F5O2/c1-5-9(3,7-19-8-18)11(13,14)10(4,6-2)12(15,16)17/h8H,5-7H2,1-4H3. The normalized spacial score (nSPS) is 19.4. The van der Waals surface area contributed by atoms with Gasteiger partial charge in [0, 0.05) is 0 Å². The summed E-state index contributed by atoms with van der Waals surface area (Å²) in [7, 11) is 0. The topological polar surface area (TPSA) is 26.3 Å². The van der Waals surface area contributed by atoms with Gasteiger partial charge in [0.15, 0.2) is 0 Å². The zero-order valence-corrected chi connectivity index (χ0v) is 11.4. The Bertz CT molecular complexity index is 316. The number of hydrogen-bond donors (Lipinski definition) is 0. The lowest BCUT2D eigenvalue weighted by Gasteiger charge is -2.47. The molecule has 7 heteroatoms. The first-order valence-corrected chi connectivity index (χ1v) is 5.93. The second-order valence-corrected chi connectivity index (χ2v) is 5.08. The van der Waals surface area contributed by atoms with Crippen LogP contribution in [0.2, 0.25) is 0 Å². The average molecular weight is 290 g/mol. The average Bonchev–Trinajstić information content (AvgIpc) is 2.32. The molecule has 114 valence electrons. The van der Waals surface area contributed by atoms with Crippen molar-refractivity contribution in [2.75, 3.05) is 6.61 Å². The number of halogens is 5. The summed E-state index contributed by atoms with van der Waals surface area (Å²) in [5.41, 5.74) is -5.24. The Morgan fingerprint density at radius 2 is 1.47 bits per heavy atom. The molecule has 0 N–H and O–H groups in total. The quantitative estimate of drug-likeness (QED) is 0.519. The molecule has 0 bridgehead atoms. The first-order valence-electron chi connectivity index (χ1n) is 5.93. The fourth-order valence-electron chi connectivity index (χ4n) is 1.90. The molecule has 0 radical (unpaired) electrons. The number of carbonyl (C=O) groups is 1. The molecule has 19 heavy (non-hydrogen) atoms. The minimum atomic E-state index is -5.05. The molecular weight excluding hydrogens is 271 g/mol. The van der Waals surface area contributed by atoms with Crippen molar-refractivity contribution in [2.45, 2.75) is 52.6 Å². The predicted molar refractivity (Wildman–Crippen MR) is 59.8 cm³/mol. The first-order chi connectivity index (χ1) is 8.43. The molecule has 2 nitrogen and oxygen atoms in total. The van der Waals surface area contributed by atoms with Crippen LogP contribution in [0.3, 0.4) is 0 Å². The van der Waals surface area contributed by atoms with Gasteiger partial charge in [0.05, 0.1) is 5.41 Å². The van der Waals surface area contributed by atoms with E-state index in [2.05, 4.69) is 4.74 Å². The van der Waals surface area contributed by atoms with Gasteiger partial charge in [-0.2, -0.15) is 13.2 Å². The second kappa shape index (κ2) is 5.63. The Balaban J connectivity index is 5.69. The van der Waals surface area contributed by atoms with Crippen LogP contribution in [0.4, 0.5) is 22.0 Å². The minimum Gasteiger partial charge on any atom is -0.467 e. The predicted octanol–water partition coefficient (Wildman–Crippen LogP) is 4.19. The van der Waals surface area contributed by atoms with Gasteiger partial charge < -0.3 is 4.74 Å². The Hall–Kier alpha value is -0.880. The molecular formula is C12H19F5O2. The summed E-state index contributed by atoms with van der Waals surface area (Å²) in [6.07, 6.45) is -6.07. The van der Waals surface area contributed by atoms with E-state index in [-0.39, 0.29) is 12.9 Å². The third kappa shape index (κ3) is 2.84. The number of alkyl halides is 5. The number of rotatable bonds is 7. The van der Waals surface area contributed by atoms with E-state index in [1.165, 1.54) is 6.92 Å². The molecule has 2 unspecified atom stereocenters. The van der Waals surface area contributed by atoms with Gasteiger partial charge in [-0.05, 0) is 19.8 Å². The monoisotopic (exact) mass is 290 g/mol. The van der Waals surface area contributed by atoms with Gasteiger partial charge in [-0.15, -0.1) is 0 Å². The molecule has 0 aliphatic carbocycles. The Morgan fingerprint density at radius 1 is 1.00 bits per heavy atom. The van der Waals surface area contributed by atoms with Crippen LogP contribution >= 0.6 is 0 Å². The van der Waals surface area contributed by atoms with E-state index >= 15 is 0 Å². The molecule has 0 aromatic rings. The highest BCUT2D eigenvalue weighted by atomic mass is 19.4. The van der Waals surface area contributed by atoms with Crippen LogP contribution in [-0.4, -0.2) is 25.2 Å². The largest absolute Gasteiger partial charge is 0.467 e. The van der Waals surface area contributed by atoms with Crippen molar-refractivity contribution in [1.29, 1.82) is 0 Å². The zero-order valence-electron chi connectivity index (χ0n) is 11.4. The minimum absolute atomic E-state index is 0.0408. The summed E-state index contributed by atoms with van der Waals surface area (Å²) in [6, 6.07) is 0. The van der Waals surface area contributed by atoms with Crippen LogP contribution in [0, 0.1) is 10.8 Å². The maximum Gasteiger partial charge on any atom is 0.400 e. The van der Waals surface area contributed by atoms with E-state index in [1.807, 2.05) is 0 Å². The molecule has 0 spiro atoms. The smallest absolute Gasteiger partial charge is 0.400 e. The highest BCUT2D eigenvalue weighted by Gasteiger charge is 2.70. The Kier molecular flexibility index (Phi) is 5.37. The summed E-state index contributed by atoms with van der Waals surface area (Å²) in [6.45, 7) is 3.11. The SMILES string of the molecule is CCC(C)(COC=O)C(F)(F)C(C)(CC)C(F)(F)F. The summed E-state index contributed by atoms with van der Waals surface area (Å²) < 4.78 is 72.1. The van der Waals surface area contributed by atoms with Gasteiger partial charge in [0.25, 0.3) is 12.4 Å². The summed E-state index contributed by atoms with van der Waals surface area (Å²) in [5.74, 6) is -4.06. The van der Waals surface area contributed by atoms with Crippen LogP contribution < -0.4 is 0 Å². The van der Waals surface area contributed by atoms with Gasteiger partial charge in [-0.1, -0.05) is 20.8 Å². The van der Waals surface area contributed by atoms with Crippen LogP contribution in [-0.2, 0) is 9.53 Å². The van der Waals surface area contributed by atoms with Crippen LogP contribution in [0.15, 0.2) is 0 Å². The number of carbonyl (C=O) groups excluding carboxylic acids is 1. The van der Waals surface area contributed by atoms with Crippen molar-refractivity contribution < 1.29 is 31.5 Å². The van der Waals surface area contributed by atoms with Crippen molar-refractivity contribution in [1.82, 2.24) is 0 Å². The van der Waals surface area contributed by atoms with Crippen LogP contribution in [0.25, 0.3) is 0 Å². The van der Waals surface area contributed by atoms with Crippen molar-refractivity contribution in [2.24, 2.45) is 10.8 Å². The van der Waals surface area contributed by atoms with E-state index in [1.54, 1.807) is 0 Å². The molecule has 0 aromatic carbocycles. The maximum absolute atomic E-state index is 14.4. The third-order valence-electron chi connectivity index (χ3n) is 4.03. The molecule has 0 heterocycles. The van der Waals surface area contributed by atoms with E-state index < -0.39 is 36.0 Å². The summed E-state index contributed by atoms with van der Waals surface area (Å²) in [4.78, 5) is 10.1. The summed E-state index contributed by atoms with van der Waals surface area (Å²) in [5, 5.41) is 0. The lowest BCUT2D eigenvalue weighted by molar-refractivity contribution is -0.327. The highest BCUT2D eigenvalue weighted by molar-refractivity contribution is 5.37. The van der Waals surface area contributed by atoms with Crippen LogP contribution in [0.5, 0.6) is 0 Å². The van der Waals surface area contributed by atoms with Crippen molar-refractivity contribution in [3.8, 4) is 0 Å². The molecule has 0 aromatic heterocycles. The molecule has 0 aliphatic rings. The van der Waals surface area contributed by atoms with Gasteiger partial charge in [0.2, 0.25) is 0 Å². The van der Waals surface area contributed by atoms with E-state index in [4.69, 9.17) is 0 Å². The maximum atomic E-state index is 14.4. The van der Waals surface area contributed by atoms with Gasteiger partial charge in [-0.25, -0.2) is 8.78 Å². The van der Waals surface area contributed by atoms with Crippen molar-refractivity contribution in [3.05, 3.63) is 0 Å². The second-order valence-electron chi connectivity index (χ2n) is 5.08. The third-order valence-corrected chi connectivity index (χ3v) is 4.03. The van der Waals surface area contributed by atoms with E-state index in [9.17, 15) is 26.7 Å². The van der Waals surface area contributed by atoms with Crippen molar-refractivity contribution >= 4 is 6.47 Å². The van der Waals surface area contributed by atoms with E-state index in [0.717, 1.165) is 13.8 Å². The lowest BCUT2D eigenvalue weighted by Crippen LogP contribution is -2.59. The Morgan fingerprint density at radius 3 is 1.74 bits per heavy atom. The Labute approximate surface area is 109 Å². The molecule has 0 amide bonds. The molecule has 0 saturated heterocycles.